The molecule has 1 aliphatic carbocycles. The van der Waals surface area contributed by atoms with Crippen LogP contribution in [0, 0.1) is 17.3 Å². The zero-order chi connectivity index (χ0) is 12.5. The number of carbonyl (C=O) groups is 2. The predicted octanol–water partition coefficient (Wildman–Crippen LogP) is 0.777. The lowest BCUT2D eigenvalue weighted by molar-refractivity contribution is -0.155. The molecule has 6 nitrogen and oxygen atoms in total. The maximum Gasteiger partial charge on any atom is 0.332 e. The molecule has 0 heterocycles. The maximum absolute atomic E-state index is 10.9. The van der Waals surface area contributed by atoms with Crippen LogP contribution in [-0.4, -0.2) is 22.8 Å². The first-order chi connectivity index (χ1) is 7.26. The quantitative estimate of drug-likeness (QED) is 0.490. The molecule has 0 bridgehead atoms. The van der Waals surface area contributed by atoms with Crippen LogP contribution in [0.4, 0.5) is 4.79 Å². The van der Waals surface area contributed by atoms with Crippen molar-refractivity contribution in [1.82, 2.24) is 5.43 Å². The molecular formula is C10H17N3O3. The summed E-state index contributed by atoms with van der Waals surface area (Å²) in [7, 11) is 0. The van der Waals surface area contributed by atoms with Gasteiger partial charge in [0.2, 0.25) is 0 Å². The van der Waals surface area contributed by atoms with Crippen molar-refractivity contribution >= 4 is 17.7 Å². The van der Waals surface area contributed by atoms with Gasteiger partial charge in [0.15, 0.2) is 0 Å². The van der Waals surface area contributed by atoms with Crippen molar-refractivity contribution in [1.29, 1.82) is 0 Å². The minimum atomic E-state index is -0.781. The number of carboxylic acid groups (broad SMARTS) is 1. The number of carbonyl (C=O) groups excluding carboxylic acids is 1. The number of carboxylic acids is 1. The van der Waals surface area contributed by atoms with Gasteiger partial charge in [0.05, 0.1) is 5.92 Å². The van der Waals surface area contributed by atoms with Crippen molar-refractivity contribution in [3.05, 3.63) is 0 Å². The lowest BCUT2D eigenvalue weighted by Gasteiger charge is -2.49. The fourth-order valence-electron chi connectivity index (χ4n) is 2.27. The van der Waals surface area contributed by atoms with Crippen LogP contribution in [0.15, 0.2) is 5.10 Å². The van der Waals surface area contributed by atoms with Gasteiger partial charge in [-0.25, -0.2) is 10.2 Å². The molecule has 4 N–H and O–H groups in total. The third kappa shape index (κ3) is 2.15. The Morgan fingerprint density at radius 1 is 1.44 bits per heavy atom. The molecule has 90 valence electrons. The summed E-state index contributed by atoms with van der Waals surface area (Å²) in [5.74, 6) is -1.06. The number of nitrogens with two attached hydrogens (primary N) is 1. The second kappa shape index (κ2) is 4.11. The highest BCUT2D eigenvalue weighted by Crippen LogP contribution is 2.51. The molecule has 2 amide bonds. The van der Waals surface area contributed by atoms with Gasteiger partial charge in [0, 0.05) is 11.6 Å². The van der Waals surface area contributed by atoms with E-state index in [2.05, 4.69) is 10.5 Å². The Morgan fingerprint density at radius 3 is 2.38 bits per heavy atom. The van der Waals surface area contributed by atoms with E-state index >= 15 is 0 Å². The van der Waals surface area contributed by atoms with Gasteiger partial charge in [-0.05, 0) is 18.8 Å². The van der Waals surface area contributed by atoms with Gasteiger partial charge in [-0.3, -0.25) is 4.79 Å². The zero-order valence-corrected chi connectivity index (χ0v) is 9.65. The average Bonchev–Trinajstić information content (AvgIpc) is 2.12. The zero-order valence-electron chi connectivity index (χ0n) is 9.65. The molecule has 0 aromatic rings. The molecule has 1 rings (SSSR count). The molecule has 1 aliphatic rings. The molecule has 1 saturated carbocycles. The minimum Gasteiger partial charge on any atom is -0.481 e. The van der Waals surface area contributed by atoms with Crippen LogP contribution >= 0.6 is 0 Å². The molecule has 0 aromatic carbocycles. The van der Waals surface area contributed by atoms with Crippen molar-refractivity contribution in [2.24, 2.45) is 28.1 Å². The van der Waals surface area contributed by atoms with E-state index in [4.69, 9.17) is 10.8 Å². The molecule has 6 heteroatoms. The van der Waals surface area contributed by atoms with Crippen LogP contribution in [0.2, 0.25) is 0 Å². The number of nitrogens with zero attached hydrogens (tertiary/aromatic N) is 1. The summed E-state index contributed by atoms with van der Waals surface area (Å²) in [5, 5.41) is 12.8. The van der Waals surface area contributed by atoms with E-state index in [1.807, 2.05) is 13.8 Å². The Kier molecular flexibility index (Phi) is 3.21. The van der Waals surface area contributed by atoms with Crippen LogP contribution < -0.4 is 11.2 Å². The lowest BCUT2D eigenvalue weighted by Crippen LogP contribution is -2.52. The van der Waals surface area contributed by atoms with E-state index in [9.17, 15) is 9.59 Å². The van der Waals surface area contributed by atoms with Gasteiger partial charge in [0.25, 0.3) is 0 Å². The summed E-state index contributed by atoms with van der Waals surface area (Å²) in [6.07, 6.45) is 0.554. The van der Waals surface area contributed by atoms with Crippen LogP contribution in [0.25, 0.3) is 0 Å². The lowest BCUT2D eigenvalue weighted by atomic mass is 9.53. The Labute approximate surface area is 93.9 Å². The minimum absolute atomic E-state index is 0.0699. The van der Waals surface area contributed by atoms with Crippen molar-refractivity contribution < 1.29 is 14.7 Å². The topological polar surface area (TPSA) is 105 Å². The van der Waals surface area contributed by atoms with E-state index in [1.165, 1.54) is 0 Å². The van der Waals surface area contributed by atoms with Crippen molar-refractivity contribution in [2.45, 2.75) is 27.2 Å². The number of amides is 2. The van der Waals surface area contributed by atoms with Gasteiger partial charge in [0.1, 0.15) is 0 Å². The summed E-state index contributed by atoms with van der Waals surface area (Å²) < 4.78 is 0. The summed E-state index contributed by atoms with van der Waals surface area (Å²) in [6, 6.07) is -0.716. The summed E-state index contributed by atoms with van der Waals surface area (Å²) in [4.78, 5) is 21.4. The fourth-order valence-corrected chi connectivity index (χ4v) is 2.27. The molecule has 0 aromatic heterocycles. The first kappa shape index (κ1) is 12.5. The number of primary amides is 1. The largest absolute Gasteiger partial charge is 0.481 e. The third-order valence-corrected chi connectivity index (χ3v) is 3.41. The Morgan fingerprint density at radius 2 is 2.00 bits per heavy atom. The SMILES string of the molecule is CC(=NNC(N)=O)[C@H]1C[C@@H](C(=O)O)C1(C)C. The second-order valence-corrected chi connectivity index (χ2v) is 4.73. The van der Waals surface area contributed by atoms with Gasteiger partial charge < -0.3 is 10.8 Å². The van der Waals surface area contributed by atoms with E-state index in [-0.39, 0.29) is 17.3 Å². The average molecular weight is 227 g/mol. The highest BCUT2D eigenvalue weighted by molar-refractivity contribution is 5.89. The third-order valence-electron chi connectivity index (χ3n) is 3.41. The van der Waals surface area contributed by atoms with E-state index in [1.54, 1.807) is 6.92 Å². The second-order valence-electron chi connectivity index (χ2n) is 4.73. The van der Waals surface area contributed by atoms with Gasteiger partial charge in [-0.2, -0.15) is 5.10 Å². The van der Waals surface area contributed by atoms with Gasteiger partial charge in [-0.1, -0.05) is 13.8 Å². The molecular weight excluding hydrogens is 210 g/mol. The summed E-state index contributed by atoms with van der Waals surface area (Å²) in [5.41, 5.74) is 7.42. The molecule has 1 fully saturated rings. The Bertz CT molecular complexity index is 349. The molecule has 16 heavy (non-hydrogen) atoms. The molecule has 0 radical (unpaired) electrons. The van der Waals surface area contributed by atoms with Crippen LogP contribution in [0.3, 0.4) is 0 Å². The number of urea groups is 1. The number of hydrazone groups is 1. The molecule has 0 unspecified atom stereocenters. The predicted molar refractivity (Wildman–Crippen MR) is 58.8 cm³/mol. The first-order valence-electron chi connectivity index (χ1n) is 5.09. The molecule has 0 spiro atoms. The van der Waals surface area contributed by atoms with Crippen LogP contribution in [0.1, 0.15) is 27.2 Å². The Balaban J connectivity index is 2.69. The molecule has 0 aliphatic heterocycles. The smallest absolute Gasteiger partial charge is 0.332 e. The fraction of sp³-hybridized carbons (Fsp3) is 0.700. The van der Waals surface area contributed by atoms with Gasteiger partial charge >= 0.3 is 12.0 Å². The summed E-state index contributed by atoms with van der Waals surface area (Å²) in [6.45, 7) is 5.55. The number of aliphatic carboxylic acids is 1. The highest BCUT2D eigenvalue weighted by atomic mass is 16.4. The summed E-state index contributed by atoms with van der Waals surface area (Å²) >= 11 is 0. The normalized spacial score (nSPS) is 28.1. The van der Waals surface area contributed by atoms with E-state index < -0.39 is 12.0 Å². The van der Waals surface area contributed by atoms with Crippen LogP contribution in [0.5, 0.6) is 0 Å². The number of hydrogen-bond acceptors (Lipinski definition) is 3. The monoisotopic (exact) mass is 227 g/mol. The van der Waals surface area contributed by atoms with Gasteiger partial charge in [-0.15, -0.1) is 0 Å². The van der Waals surface area contributed by atoms with E-state index in [0.29, 0.717) is 12.1 Å². The highest BCUT2D eigenvalue weighted by Gasteiger charge is 2.53. The van der Waals surface area contributed by atoms with Crippen molar-refractivity contribution in [3.63, 3.8) is 0 Å². The number of rotatable bonds is 3. The van der Waals surface area contributed by atoms with Crippen molar-refractivity contribution in [3.8, 4) is 0 Å². The van der Waals surface area contributed by atoms with Crippen molar-refractivity contribution in [2.75, 3.05) is 0 Å². The maximum atomic E-state index is 10.9. The molecule has 2 atom stereocenters. The standard InChI is InChI=1S/C10H17N3O3/c1-5(12-13-9(11)16)6-4-7(8(14)15)10(6,2)3/h6-7H,4H2,1-3H3,(H,14,15)(H3,11,13,16)/t6-,7+/m1/s1. The number of nitrogens with one attached hydrogen (secondary N) is 1. The van der Waals surface area contributed by atoms with E-state index in [0.717, 1.165) is 0 Å². The Hall–Kier alpha value is -1.59. The van der Waals surface area contributed by atoms with Crippen LogP contribution in [-0.2, 0) is 4.79 Å². The first-order valence-corrected chi connectivity index (χ1v) is 5.09. The number of hydrogen-bond donors (Lipinski definition) is 3. The molecule has 0 saturated heterocycles.